The molecule has 2 aromatic carbocycles. The number of nitrogens with two attached hydrogens (primary N) is 1. The van der Waals surface area contributed by atoms with Crippen LogP contribution in [0.3, 0.4) is 0 Å². The Bertz CT molecular complexity index is 718. The van der Waals surface area contributed by atoms with E-state index >= 15 is 0 Å². The second kappa shape index (κ2) is 6.58. The number of hydrogen-bond acceptors (Lipinski definition) is 3. The summed E-state index contributed by atoms with van der Waals surface area (Å²) in [5, 5.41) is 0.474. The van der Waals surface area contributed by atoms with Crippen molar-refractivity contribution in [2.75, 3.05) is 7.05 Å². The molecule has 4 nitrogen and oxygen atoms in total. The molecule has 2 N–H and O–H groups in total. The van der Waals surface area contributed by atoms with Crippen LogP contribution in [0.2, 0.25) is 5.02 Å². The standard InChI is InChI=1S/C15H17ClN2O2S/c1-18(11-12-5-3-2-4-6-12)21(19,20)14-7-8-15(16)13(9-14)10-17/h2-9H,10-11,17H2,1H3. The predicted molar refractivity (Wildman–Crippen MR) is 84.4 cm³/mol. The Morgan fingerprint density at radius 1 is 1.14 bits per heavy atom. The summed E-state index contributed by atoms with van der Waals surface area (Å²) in [6, 6.07) is 14.0. The number of benzene rings is 2. The van der Waals surface area contributed by atoms with Crippen molar-refractivity contribution in [1.82, 2.24) is 4.31 Å². The summed E-state index contributed by atoms with van der Waals surface area (Å²) in [7, 11) is -2.01. The predicted octanol–water partition coefficient (Wildman–Crippen LogP) is 2.62. The van der Waals surface area contributed by atoms with Crippen molar-refractivity contribution in [3.63, 3.8) is 0 Å². The highest BCUT2D eigenvalue weighted by atomic mass is 35.5. The maximum atomic E-state index is 12.6. The lowest BCUT2D eigenvalue weighted by molar-refractivity contribution is 0.466. The lowest BCUT2D eigenvalue weighted by Crippen LogP contribution is -2.26. The van der Waals surface area contributed by atoms with Gasteiger partial charge in [-0.25, -0.2) is 8.42 Å². The molecular formula is C15H17ClN2O2S. The number of sulfonamides is 1. The van der Waals surface area contributed by atoms with Crippen LogP contribution in [0.15, 0.2) is 53.4 Å². The fraction of sp³-hybridized carbons (Fsp3) is 0.200. The molecule has 2 aromatic rings. The summed E-state index contributed by atoms with van der Waals surface area (Å²) >= 11 is 5.97. The van der Waals surface area contributed by atoms with Gasteiger partial charge in [-0.05, 0) is 29.3 Å². The molecule has 0 heterocycles. The van der Waals surface area contributed by atoms with Crippen LogP contribution >= 0.6 is 11.6 Å². The summed E-state index contributed by atoms with van der Waals surface area (Å²) in [6.45, 7) is 0.508. The Kier molecular flexibility index (Phi) is 5.00. The van der Waals surface area contributed by atoms with Gasteiger partial charge in [0.25, 0.3) is 0 Å². The Morgan fingerprint density at radius 3 is 2.43 bits per heavy atom. The smallest absolute Gasteiger partial charge is 0.243 e. The van der Waals surface area contributed by atoms with Gasteiger partial charge in [0.15, 0.2) is 0 Å². The van der Waals surface area contributed by atoms with Gasteiger partial charge in [0.05, 0.1) is 4.90 Å². The van der Waals surface area contributed by atoms with Crippen LogP contribution in [0.4, 0.5) is 0 Å². The van der Waals surface area contributed by atoms with Crippen molar-refractivity contribution >= 4 is 21.6 Å². The highest BCUT2D eigenvalue weighted by molar-refractivity contribution is 7.89. The molecule has 0 bridgehead atoms. The Labute approximate surface area is 130 Å². The molecule has 0 aliphatic carbocycles. The summed E-state index contributed by atoms with van der Waals surface area (Å²) in [5.74, 6) is 0. The second-order valence-electron chi connectivity index (χ2n) is 4.70. The number of rotatable bonds is 5. The minimum atomic E-state index is -3.57. The second-order valence-corrected chi connectivity index (χ2v) is 7.16. The van der Waals surface area contributed by atoms with E-state index < -0.39 is 10.0 Å². The molecular weight excluding hydrogens is 308 g/mol. The molecule has 0 aromatic heterocycles. The van der Waals surface area contributed by atoms with E-state index in [2.05, 4.69) is 0 Å². The molecule has 0 unspecified atom stereocenters. The first kappa shape index (κ1) is 16.0. The Balaban J connectivity index is 2.29. The molecule has 6 heteroatoms. The molecule has 0 saturated heterocycles. The zero-order chi connectivity index (χ0) is 15.5. The lowest BCUT2D eigenvalue weighted by Gasteiger charge is -2.18. The minimum absolute atomic E-state index is 0.199. The van der Waals surface area contributed by atoms with Gasteiger partial charge in [-0.15, -0.1) is 0 Å². The maximum absolute atomic E-state index is 12.6. The summed E-state index contributed by atoms with van der Waals surface area (Å²) in [4.78, 5) is 0.200. The first-order valence-corrected chi connectivity index (χ1v) is 8.25. The van der Waals surface area contributed by atoms with E-state index in [4.69, 9.17) is 17.3 Å². The van der Waals surface area contributed by atoms with Crippen molar-refractivity contribution < 1.29 is 8.42 Å². The average molecular weight is 325 g/mol. The molecule has 0 radical (unpaired) electrons. The van der Waals surface area contributed by atoms with E-state index in [0.717, 1.165) is 5.56 Å². The SMILES string of the molecule is CN(Cc1ccccc1)S(=O)(=O)c1ccc(Cl)c(CN)c1. The molecule has 0 aliphatic heterocycles. The molecule has 0 amide bonds. The van der Waals surface area contributed by atoms with Crippen LogP contribution in [-0.2, 0) is 23.1 Å². The van der Waals surface area contributed by atoms with Crippen LogP contribution in [0, 0.1) is 0 Å². The van der Waals surface area contributed by atoms with Crippen molar-refractivity contribution in [2.45, 2.75) is 18.0 Å². The van der Waals surface area contributed by atoms with E-state index in [1.807, 2.05) is 30.3 Å². The van der Waals surface area contributed by atoms with Crippen LogP contribution < -0.4 is 5.73 Å². The molecule has 0 spiro atoms. The molecule has 0 saturated carbocycles. The fourth-order valence-electron chi connectivity index (χ4n) is 1.97. The Morgan fingerprint density at radius 2 is 1.81 bits per heavy atom. The van der Waals surface area contributed by atoms with E-state index in [1.165, 1.54) is 16.4 Å². The molecule has 0 fully saturated rings. The van der Waals surface area contributed by atoms with Gasteiger partial charge in [0.2, 0.25) is 10.0 Å². The molecule has 21 heavy (non-hydrogen) atoms. The molecule has 0 atom stereocenters. The summed E-state index contributed by atoms with van der Waals surface area (Å²) in [6.07, 6.45) is 0. The summed E-state index contributed by atoms with van der Waals surface area (Å²) < 4.78 is 26.4. The van der Waals surface area contributed by atoms with Crippen LogP contribution in [-0.4, -0.2) is 19.8 Å². The molecule has 112 valence electrons. The third-order valence-electron chi connectivity index (χ3n) is 3.19. The first-order valence-electron chi connectivity index (χ1n) is 6.44. The van der Waals surface area contributed by atoms with Crippen LogP contribution in [0.25, 0.3) is 0 Å². The van der Waals surface area contributed by atoms with E-state index in [1.54, 1.807) is 13.1 Å². The average Bonchev–Trinajstić information content (AvgIpc) is 2.48. The topological polar surface area (TPSA) is 63.4 Å². The third kappa shape index (κ3) is 3.63. The van der Waals surface area contributed by atoms with Crippen molar-refractivity contribution in [3.8, 4) is 0 Å². The number of hydrogen-bond donors (Lipinski definition) is 1. The number of nitrogens with zero attached hydrogens (tertiary/aromatic N) is 1. The monoisotopic (exact) mass is 324 g/mol. The van der Waals surface area contributed by atoms with E-state index in [9.17, 15) is 8.42 Å². The maximum Gasteiger partial charge on any atom is 0.243 e. The fourth-order valence-corrected chi connectivity index (χ4v) is 3.38. The largest absolute Gasteiger partial charge is 0.326 e. The highest BCUT2D eigenvalue weighted by Crippen LogP contribution is 2.23. The van der Waals surface area contributed by atoms with Gasteiger partial charge in [-0.2, -0.15) is 4.31 Å². The minimum Gasteiger partial charge on any atom is -0.326 e. The van der Waals surface area contributed by atoms with Crippen molar-refractivity contribution in [3.05, 3.63) is 64.7 Å². The van der Waals surface area contributed by atoms with Gasteiger partial charge in [0.1, 0.15) is 0 Å². The molecule has 0 aliphatic rings. The third-order valence-corrected chi connectivity index (χ3v) is 5.36. The zero-order valence-corrected chi connectivity index (χ0v) is 13.2. The normalized spacial score (nSPS) is 11.8. The van der Waals surface area contributed by atoms with Crippen LogP contribution in [0.1, 0.15) is 11.1 Å². The number of halogens is 1. The van der Waals surface area contributed by atoms with Gasteiger partial charge in [0, 0.05) is 25.2 Å². The van der Waals surface area contributed by atoms with Gasteiger partial charge in [-0.1, -0.05) is 41.9 Å². The van der Waals surface area contributed by atoms with Crippen molar-refractivity contribution in [2.24, 2.45) is 5.73 Å². The Hall–Kier alpha value is -1.40. The van der Waals surface area contributed by atoms with Crippen LogP contribution in [0.5, 0.6) is 0 Å². The summed E-state index contributed by atoms with van der Waals surface area (Å²) in [5.41, 5.74) is 7.11. The van der Waals surface area contributed by atoms with Gasteiger partial charge < -0.3 is 5.73 Å². The van der Waals surface area contributed by atoms with E-state index in [0.29, 0.717) is 17.1 Å². The zero-order valence-electron chi connectivity index (χ0n) is 11.7. The quantitative estimate of drug-likeness (QED) is 0.919. The lowest BCUT2D eigenvalue weighted by atomic mass is 10.2. The van der Waals surface area contributed by atoms with Crippen molar-refractivity contribution in [1.29, 1.82) is 0 Å². The van der Waals surface area contributed by atoms with Gasteiger partial charge in [-0.3, -0.25) is 0 Å². The molecule has 2 rings (SSSR count). The first-order chi connectivity index (χ1) is 9.95. The van der Waals surface area contributed by atoms with Gasteiger partial charge >= 0.3 is 0 Å². The highest BCUT2D eigenvalue weighted by Gasteiger charge is 2.21. The van der Waals surface area contributed by atoms with E-state index in [-0.39, 0.29) is 11.4 Å².